The van der Waals surface area contributed by atoms with E-state index in [4.69, 9.17) is 19.8 Å². The molecular formula is C23H25NO4. The molecule has 146 valence electrons. The Hall–Kier alpha value is -3.26. The molecule has 2 rings (SSSR count). The van der Waals surface area contributed by atoms with Gasteiger partial charge in [-0.2, -0.15) is 5.26 Å². The number of ether oxygens (including phenoxy) is 2. The number of aliphatic carboxylic acids is 1. The van der Waals surface area contributed by atoms with E-state index in [-0.39, 0.29) is 11.0 Å². The summed E-state index contributed by atoms with van der Waals surface area (Å²) >= 11 is 0. The number of para-hydroxylation sites is 1. The van der Waals surface area contributed by atoms with Crippen LogP contribution >= 0.6 is 0 Å². The van der Waals surface area contributed by atoms with Gasteiger partial charge >= 0.3 is 5.97 Å². The van der Waals surface area contributed by atoms with E-state index in [1.807, 2.05) is 19.1 Å². The Morgan fingerprint density at radius 1 is 1.11 bits per heavy atom. The maximum absolute atomic E-state index is 10.9. The molecule has 2 aromatic rings. The van der Waals surface area contributed by atoms with Gasteiger partial charge in [-0.3, -0.25) is 0 Å². The molecule has 0 aliphatic heterocycles. The smallest absolute Gasteiger partial charge is 0.346 e. The fourth-order valence-electron chi connectivity index (χ4n) is 2.71. The predicted octanol–water partition coefficient (Wildman–Crippen LogP) is 4.74. The van der Waals surface area contributed by atoms with Gasteiger partial charge in [-0.1, -0.05) is 51.1 Å². The number of nitrogens with zero attached hydrogens (tertiary/aromatic N) is 1. The van der Waals surface area contributed by atoms with Crippen LogP contribution in [-0.2, 0) is 10.2 Å². The molecule has 0 bridgehead atoms. The first-order valence-electron chi connectivity index (χ1n) is 9.03. The van der Waals surface area contributed by atoms with E-state index >= 15 is 0 Å². The first-order valence-corrected chi connectivity index (χ1v) is 9.03. The third kappa shape index (κ3) is 5.62. The fourth-order valence-corrected chi connectivity index (χ4v) is 2.71. The van der Waals surface area contributed by atoms with E-state index in [1.54, 1.807) is 30.3 Å². The maximum Gasteiger partial charge on any atom is 0.346 e. The minimum absolute atomic E-state index is 0.0101. The minimum atomic E-state index is -1.24. The van der Waals surface area contributed by atoms with Gasteiger partial charge in [0, 0.05) is 0 Å². The first kappa shape index (κ1) is 21.0. The zero-order valence-corrected chi connectivity index (χ0v) is 16.7. The molecule has 0 atom stereocenters. The van der Waals surface area contributed by atoms with Crippen LogP contribution in [-0.4, -0.2) is 24.3 Å². The van der Waals surface area contributed by atoms with Crippen LogP contribution < -0.4 is 9.47 Å². The average molecular weight is 379 g/mol. The lowest BCUT2D eigenvalue weighted by Gasteiger charge is -2.24. The molecule has 1 N–H and O–H groups in total. The van der Waals surface area contributed by atoms with Crippen molar-refractivity contribution >= 4 is 12.0 Å². The Morgan fingerprint density at radius 3 is 2.32 bits per heavy atom. The number of aryl methyl sites for hydroxylation is 1. The van der Waals surface area contributed by atoms with E-state index in [1.165, 1.54) is 6.08 Å². The van der Waals surface area contributed by atoms with E-state index in [9.17, 15) is 4.79 Å². The quantitative estimate of drug-likeness (QED) is 0.427. The Balaban J connectivity index is 1.95. The highest BCUT2D eigenvalue weighted by Gasteiger charge is 2.20. The van der Waals surface area contributed by atoms with Gasteiger partial charge in [0.05, 0.1) is 0 Å². The van der Waals surface area contributed by atoms with E-state index in [0.29, 0.717) is 24.5 Å². The molecule has 2 aromatic carbocycles. The van der Waals surface area contributed by atoms with E-state index in [0.717, 1.165) is 16.9 Å². The lowest BCUT2D eigenvalue weighted by molar-refractivity contribution is -0.132. The summed E-state index contributed by atoms with van der Waals surface area (Å²) in [6, 6.07) is 14.7. The number of carbonyl (C=O) groups is 1. The number of nitriles is 1. The molecule has 5 nitrogen and oxygen atoms in total. The molecular weight excluding hydrogens is 354 g/mol. The number of benzene rings is 2. The molecule has 0 radical (unpaired) electrons. The second-order valence-electron chi connectivity index (χ2n) is 7.44. The number of hydrogen-bond acceptors (Lipinski definition) is 4. The molecule has 0 heterocycles. The van der Waals surface area contributed by atoms with Crippen LogP contribution in [0.1, 0.15) is 37.5 Å². The van der Waals surface area contributed by atoms with Crippen molar-refractivity contribution in [2.45, 2.75) is 33.1 Å². The fraction of sp³-hybridized carbons (Fsp3) is 0.304. The summed E-state index contributed by atoms with van der Waals surface area (Å²) in [5.74, 6) is 0.304. The van der Waals surface area contributed by atoms with Gasteiger partial charge in [0.1, 0.15) is 36.4 Å². The third-order valence-electron chi connectivity index (χ3n) is 4.16. The number of hydrogen-bond donors (Lipinski definition) is 1. The van der Waals surface area contributed by atoms with Crippen LogP contribution in [0.4, 0.5) is 0 Å². The maximum atomic E-state index is 10.9. The van der Waals surface area contributed by atoms with Crippen LogP contribution in [0.2, 0.25) is 0 Å². The van der Waals surface area contributed by atoms with E-state index < -0.39 is 5.97 Å². The van der Waals surface area contributed by atoms with Crippen molar-refractivity contribution in [2.24, 2.45) is 0 Å². The van der Waals surface area contributed by atoms with Crippen molar-refractivity contribution in [3.05, 3.63) is 64.7 Å². The summed E-state index contributed by atoms with van der Waals surface area (Å²) in [7, 11) is 0. The van der Waals surface area contributed by atoms with Crippen molar-refractivity contribution in [1.82, 2.24) is 0 Å². The molecule has 0 aliphatic rings. The summed E-state index contributed by atoms with van der Waals surface area (Å²) in [6.07, 6.45) is 1.32. The Morgan fingerprint density at radius 2 is 1.75 bits per heavy atom. The molecule has 0 fully saturated rings. The van der Waals surface area contributed by atoms with Gasteiger partial charge < -0.3 is 14.6 Å². The number of rotatable bonds is 7. The third-order valence-corrected chi connectivity index (χ3v) is 4.16. The van der Waals surface area contributed by atoms with Crippen LogP contribution in [0.15, 0.2) is 48.0 Å². The lowest BCUT2D eigenvalue weighted by Crippen LogP contribution is -2.16. The normalized spacial score (nSPS) is 11.6. The SMILES string of the molecule is Cc1cccc(C(C)(C)C)c1OCCOc1ccc(C=C(C#N)C(=O)O)cc1. The second kappa shape index (κ2) is 9.09. The summed E-state index contributed by atoms with van der Waals surface area (Å²) in [5.41, 5.74) is 2.56. The average Bonchev–Trinajstić information content (AvgIpc) is 2.64. The summed E-state index contributed by atoms with van der Waals surface area (Å²) in [6.45, 7) is 9.29. The lowest BCUT2D eigenvalue weighted by atomic mass is 9.85. The molecule has 28 heavy (non-hydrogen) atoms. The highest BCUT2D eigenvalue weighted by atomic mass is 16.5. The molecule has 0 saturated heterocycles. The molecule has 0 saturated carbocycles. The Labute approximate surface area is 165 Å². The van der Waals surface area contributed by atoms with Gasteiger partial charge in [0.25, 0.3) is 0 Å². The topological polar surface area (TPSA) is 79.5 Å². The largest absolute Gasteiger partial charge is 0.490 e. The van der Waals surface area contributed by atoms with Crippen molar-refractivity contribution in [1.29, 1.82) is 5.26 Å². The molecule has 0 aromatic heterocycles. The van der Waals surface area contributed by atoms with Crippen LogP contribution in [0, 0.1) is 18.3 Å². The van der Waals surface area contributed by atoms with Crippen molar-refractivity contribution < 1.29 is 19.4 Å². The molecule has 5 heteroatoms. The van der Waals surface area contributed by atoms with Crippen LogP contribution in [0.25, 0.3) is 6.08 Å². The van der Waals surface area contributed by atoms with Gasteiger partial charge in [0.15, 0.2) is 0 Å². The zero-order valence-electron chi connectivity index (χ0n) is 16.7. The first-order chi connectivity index (χ1) is 13.2. The van der Waals surface area contributed by atoms with Crippen LogP contribution in [0.5, 0.6) is 11.5 Å². The molecule has 0 unspecified atom stereocenters. The Kier molecular flexibility index (Phi) is 6.84. The zero-order chi connectivity index (χ0) is 20.7. The van der Waals surface area contributed by atoms with Crippen molar-refractivity contribution in [2.75, 3.05) is 13.2 Å². The van der Waals surface area contributed by atoms with Gasteiger partial charge in [-0.25, -0.2) is 4.79 Å². The van der Waals surface area contributed by atoms with E-state index in [2.05, 4.69) is 26.8 Å². The summed E-state index contributed by atoms with van der Waals surface area (Å²) in [5, 5.41) is 17.7. The predicted molar refractivity (Wildman–Crippen MR) is 109 cm³/mol. The van der Waals surface area contributed by atoms with Gasteiger partial charge in [-0.15, -0.1) is 0 Å². The number of carboxylic acids is 1. The molecule has 0 aliphatic carbocycles. The molecule has 0 spiro atoms. The highest BCUT2D eigenvalue weighted by molar-refractivity contribution is 5.96. The van der Waals surface area contributed by atoms with Crippen LogP contribution in [0.3, 0.4) is 0 Å². The number of carboxylic acid groups (broad SMARTS) is 1. The summed E-state index contributed by atoms with van der Waals surface area (Å²) < 4.78 is 11.7. The monoisotopic (exact) mass is 379 g/mol. The standard InChI is InChI=1S/C23H25NO4/c1-16-6-5-7-20(23(2,3)4)21(16)28-13-12-27-19-10-8-17(9-11-19)14-18(15-24)22(25)26/h5-11,14H,12-13H2,1-4H3,(H,25,26). The summed E-state index contributed by atoms with van der Waals surface area (Å²) in [4.78, 5) is 10.9. The van der Waals surface area contributed by atoms with Gasteiger partial charge in [0.2, 0.25) is 0 Å². The molecule has 0 amide bonds. The Bertz CT molecular complexity index is 900. The van der Waals surface area contributed by atoms with Gasteiger partial charge in [-0.05, 0) is 47.2 Å². The second-order valence-corrected chi connectivity index (χ2v) is 7.44. The minimum Gasteiger partial charge on any atom is -0.490 e. The highest BCUT2D eigenvalue weighted by Crippen LogP contribution is 2.33. The van der Waals surface area contributed by atoms with Crippen molar-refractivity contribution in [3.63, 3.8) is 0 Å². The van der Waals surface area contributed by atoms with Crippen molar-refractivity contribution in [3.8, 4) is 17.6 Å².